The molecule has 2 unspecified atom stereocenters. The van der Waals surface area contributed by atoms with Gasteiger partial charge in [0.05, 0.1) is 6.26 Å². The average molecular weight is 224 g/mol. The van der Waals surface area contributed by atoms with E-state index in [1.807, 2.05) is 6.26 Å². The largest absolute Gasteiger partial charge is 0.497 e. The van der Waals surface area contributed by atoms with Crippen LogP contribution >= 0.6 is 0 Å². The van der Waals surface area contributed by atoms with Crippen molar-refractivity contribution in [3.63, 3.8) is 0 Å². The Hall–Kier alpha value is -0.540. The molecule has 2 heterocycles. The Balaban J connectivity index is 1.62. The summed E-state index contributed by atoms with van der Waals surface area (Å²) in [6.07, 6.45) is 9.38. The van der Waals surface area contributed by atoms with Crippen LogP contribution in [0.4, 0.5) is 0 Å². The van der Waals surface area contributed by atoms with E-state index >= 15 is 0 Å². The molecule has 2 aliphatic rings. The van der Waals surface area contributed by atoms with Crippen LogP contribution in [0.5, 0.6) is 0 Å². The predicted octanol–water partition coefficient (Wildman–Crippen LogP) is 1.75. The van der Waals surface area contributed by atoms with Crippen molar-refractivity contribution in [2.45, 2.75) is 44.8 Å². The topological polar surface area (TPSA) is 24.5 Å². The van der Waals surface area contributed by atoms with Gasteiger partial charge in [0.1, 0.15) is 6.10 Å². The molecule has 16 heavy (non-hydrogen) atoms. The zero-order valence-corrected chi connectivity index (χ0v) is 10.3. The van der Waals surface area contributed by atoms with E-state index in [1.165, 1.54) is 25.9 Å². The monoisotopic (exact) mass is 224 g/mol. The van der Waals surface area contributed by atoms with Crippen molar-refractivity contribution >= 4 is 0 Å². The number of allylic oxidation sites excluding steroid dienone is 1. The molecule has 3 nitrogen and oxygen atoms in total. The predicted molar refractivity (Wildman–Crippen MR) is 66.4 cm³/mol. The third-order valence-corrected chi connectivity index (χ3v) is 3.68. The van der Waals surface area contributed by atoms with Crippen LogP contribution in [-0.2, 0) is 4.74 Å². The number of hydrogen-bond acceptors (Lipinski definition) is 3. The van der Waals surface area contributed by atoms with E-state index in [9.17, 15) is 0 Å². The van der Waals surface area contributed by atoms with Crippen LogP contribution in [0, 0.1) is 0 Å². The third kappa shape index (κ3) is 3.22. The fourth-order valence-electron chi connectivity index (χ4n) is 2.69. The van der Waals surface area contributed by atoms with Gasteiger partial charge in [-0.15, -0.1) is 0 Å². The van der Waals surface area contributed by atoms with E-state index in [1.54, 1.807) is 0 Å². The first-order valence-corrected chi connectivity index (χ1v) is 6.65. The van der Waals surface area contributed by atoms with Crippen molar-refractivity contribution in [3.8, 4) is 0 Å². The van der Waals surface area contributed by atoms with Crippen molar-refractivity contribution in [2.75, 3.05) is 26.2 Å². The summed E-state index contributed by atoms with van der Waals surface area (Å²) < 4.78 is 5.54. The van der Waals surface area contributed by atoms with E-state index in [-0.39, 0.29) is 0 Å². The van der Waals surface area contributed by atoms with E-state index in [0.29, 0.717) is 6.10 Å². The number of nitrogens with one attached hydrogen (secondary N) is 1. The zero-order chi connectivity index (χ0) is 11.2. The Labute approximate surface area is 98.8 Å². The van der Waals surface area contributed by atoms with E-state index < -0.39 is 0 Å². The summed E-state index contributed by atoms with van der Waals surface area (Å²) in [7, 11) is 0. The Morgan fingerprint density at radius 2 is 2.31 bits per heavy atom. The summed E-state index contributed by atoms with van der Waals surface area (Å²) >= 11 is 0. The van der Waals surface area contributed by atoms with E-state index in [2.05, 4.69) is 23.2 Å². The summed E-state index contributed by atoms with van der Waals surface area (Å²) in [5.41, 5.74) is 0. The molecule has 2 aliphatic heterocycles. The molecule has 0 saturated carbocycles. The maximum atomic E-state index is 5.54. The van der Waals surface area contributed by atoms with Crippen molar-refractivity contribution in [1.82, 2.24) is 10.2 Å². The van der Waals surface area contributed by atoms with Gasteiger partial charge in [-0.05, 0) is 44.8 Å². The van der Waals surface area contributed by atoms with Crippen LogP contribution in [0.2, 0.25) is 0 Å². The molecule has 0 amide bonds. The van der Waals surface area contributed by atoms with Gasteiger partial charge in [0, 0.05) is 19.1 Å². The zero-order valence-electron chi connectivity index (χ0n) is 10.3. The summed E-state index contributed by atoms with van der Waals surface area (Å²) in [6.45, 7) is 6.85. The van der Waals surface area contributed by atoms with Crippen molar-refractivity contribution in [1.29, 1.82) is 0 Å². The molecular weight excluding hydrogens is 200 g/mol. The quantitative estimate of drug-likeness (QED) is 0.770. The molecule has 0 aromatic heterocycles. The second-order valence-electron chi connectivity index (χ2n) is 4.79. The molecule has 1 saturated heterocycles. The number of likely N-dealkylation sites (tertiary alicyclic amines) is 1. The average Bonchev–Trinajstić information content (AvgIpc) is 2.78. The van der Waals surface area contributed by atoms with E-state index in [0.717, 1.165) is 32.0 Å². The van der Waals surface area contributed by atoms with Gasteiger partial charge in [-0.2, -0.15) is 0 Å². The number of ether oxygens (including phenoxy) is 1. The number of rotatable bonds is 5. The van der Waals surface area contributed by atoms with Crippen LogP contribution in [0.25, 0.3) is 0 Å². The second kappa shape index (κ2) is 6.26. The lowest BCUT2D eigenvalue weighted by atomic mass is 10.1. The summed E-state index contributed by atoms with van der Waals surface area (Å²) in [6, 6.07) is 0.754. The second-order valence-corrected chi connectivity index (χ2v) is 4.79. The van der Waals surface area contributed by atoms with Crippen molar-refractivity contribution in [3.05, 3.63) is 12.3 Å². The summed E-state index contributed by atoms with van der Waals surface area (Å²) in [5.74, 6) is 0. The summed E-state index contributed by atoms with van der Waals surface area (Å²) in [4.78, 5) is 2.58. The van der Waals surface area contributed by atoms with Gasteiger partial charge < -0.3 is 10.1 Å². The first-order chi connectivity index (χ1) is 7.90. The Morgan fingerprint density at radius 1 is 1.38 bits per heavy atom. The minimum absolute atomic E-state index is 0.390. The maximum absolute atomic E-state index is 5.54. The minimum atomic E-state index is 0.390. The van der Waals surface area contributed by atoms with Crippen molar-refractivity contribution in [2.24, 2.45) is 0 Å². The van der Waals surface area contributed by atoms with Crippen LogP contribution in [0.1, 0.15) is 32.6 Å². The standard InChI is InChI=1S/C13H24N2O/c1-2-15-8-5-6-12(15)10-14-11-13-7-3-4-9-16-13/h4,9,12-14H,2-3,5-8,10-11H2,1H3. The summed E-state index contributed by atoms with van der Waals surface area (Å²) in [5, 5.41) is 3.56. The normalized spacial score (nSPS) is 30.6. The molecule has 0 spiro atoms. The van der Waals surface area contributed by atoms with Crippen LogP contribution < -0.4 is 5.32 Å². The van der Waals surface area contributed by atoms with Crippen molar-refractivity contribution < 1.29 is 4.74 Å². The molecule has 3 heteroatoms. The first-order valence-electron chi connectivity index (χ1n) is 6.65. The highest BCUT2D eigenvalue weighted by Crippen LogP contribution is 2.16. The number of likely N-dealkylation sites (N-methyl/N-ethyl adjacent to an activating group) is 1. The van der Waals surface area contributed by atoms with Gasteiger partial charge in [0.15, 0.2) is 0 Å². The first kappa shape index (κ1) is 11.9. The lowest BCUT2D eigenvalue weighted by Gasteiger charge is -2.25. The smallest absolute Gasteiger partial charge is 0.110 e. The Kier molecular flexibility index (Phi) is 4.67. The Bertz CT molecular complexity index is 230. The SMILES string of the molecule is CCN1CCCC1CNCC1CCC=CO1. The molecule has 0 bridgehead atoms. The molecule has 2 rings (SSSR count). The molecule has 2 atom stereocenters. The highest BCUT2D eigenvalue weighted by atomic mass is 16.5. The van der Waals surface area contributed by atoms with Gasteiger partial charge in [-0.1, -0.05) is 6.92 Å². The van der Waals surface area contributed by atoms with Gasteiger partial charge >= 0.3 is 0 Å². The molecule has 1 N–H and O–H groups in total. The van der Waals surface area contributed by atoms with Gasteiger partial charge in [0.2, 0.25) is 0 Å². The number of hydrogen-bond donors (Lipinski definition) is 1. The van der Waals surface area contributed by atoms with Crippen LogP contribution in [0.15, 0.2) is 12.3 Å². The van der Waals surface area contributed by atoms with E-state index in [4.69, 9.17) is 4.74 Å². The number of nitrogens with zero attached hydrogens (tertiary/aromatic N) is 1. The fourth-order valence-corrected chi connectivity index (χ4v) is 2.69. The molecule has 0 aromatic rings. The van der Waals surface area contributed by atoms with Crippen LogP contribution in [-0.4, -0.2) is 43.2 Å². The molecular formula is C13H24N2O. The highest BCUT2D eigenvalue weighted by Gasteiger charge is 2.22. The lowest BCUT2D eigenvalue weighted by molar-refractivity contribution is 0.120. The maximum Gasteiger partial charge on any atom is 0.110 e. The molecule has 1 fully saturated rings. The molecule has 92 valence electrons. The van der Waals surface area contributed by atoms with Gasteiger partial charge in [0.25, 0.3) is 0 Å². The minimum Gasteiger partial charge on any atom is -0.497 e. The highest BCUT2D eigenvalue weighted by molar-refractivity contribution is 4.84. The Morgan fingerprint density at radius 3 is 3.06 bits per heavy atom. The third-order valence-electron chi connectivity index (χ3n) is 3.68. The van der Waals surface area contributed by atoms with Crippen LogP contribution in [0.3, 0.4) is 0 Å². The lowest BCUT2D eigenvalue weighted by Crippen LogP contribution is -2.40. The fraction of sp³-hybridized carbons (Fsp3) is 0.846. The molecule has 0 aliphatic carbocycles. The van der Waals surface area contributed by atoms with Gasteiger partial charge in [-0.3, -0.25) is 4.90 Å². The van der Waals surface area contributed by atoms with Gasteiger partial charge in [-0.25, -0.2) is 0 Å². The molecule has 0 radical (unpaired) electrons. The molecule has 0 aromatic carbocycles.